The van der Waals surface area contributed by atoms with Gasteiger partial charge < -0.3 is 28.5 Å². The Kier molecular flexibility index (Phi) is 11.2. The Balaban J connectivity index is 1.46. The Morgan fingerprint density at radius 1 is 1.00 bits per heavy atom. The number of hydrogen-bond donors (Lipinski definition) is 3. The third-order valence-electron chi connectivity index (χ3n) is 7.91. The number of nitrogens with zero attached hydrogens (tertiary/aromatic N) is 5. The number of hydroxylamine groups is 2. The molecule has 51 heavy (non-hydrogen) atoms. The molecule has 3 N–H and O–H groups in total. The van der Waals surface area contributed by atoms with E-state index in [2.05, 4.69) is 25.1 Å². The van der Waals surface area contributed by atoms with Crippen LogP contribution in [0.4, 0.5) is 19.2 Å². The van der Waals surface area contributed by atoms with Gasteiger partial charge in [0.1, 0.15) is 28.3 Å². The summed E-state index contributed by atoms with van der Waals surface area (Å²) in [6.07, 6.45) is -0.172. The predicted octanol–water partition coefficient (Wildman–Crippen LogP) is 3.93. The van der Waals surface area contributed by atoms with Crippen LogP contribution < -0.4 is 10.6 Å². The van der Waals surface area contributed by atoms with E-state index in [-0.39, 0.29) is 44.0 Å². The van der Waals surface area contributed by atoms with E-state index >= 15 is 0 Å². The van der Waals surface area contributed by atoms with Crippen molar-refractivity contribution in [2.24, 2.45) is 10.4 Å². The summed E-state index contributed by atoms with van der Waals surface area (Å²) in [4.78, 5) is 58.4. The molecule has 1 aromatic rings. The molecule has 0 unspecified atom stereocenters. The summed E-state index contributed by atoms with van der Waals surface area (Å²) >= 11 is 0. The minimum atomic E-state index is -4.90. The van der Waals surface area contributed by atoms with E-state index in [9.17, 15) is 32.1 Å². The average molecular weight is 744 g/mol. The van der Waals surface area contributed by atoms with Crippen molar-refractivity contribution in [3.05, 3.63) is 17.5 Å². The van der Waals surface area contributed by atoms with Gasteiger partial charge in [0.15, 0.2) is 0 Å². The summed E-state index contributed by atoms with van der Waals surface area (Å²) in [6.45, 7) is 15.5. The van der Waals surface area contributed by atoms with Gasteiger partial charge in [-0.1, -0.05) is 5.16 Å². The molecule has 19 nitrogen and oxygen atoms in total. The van der Waals surface area contributed by atoms with Crippen molar-refractivity contribution >= 4 is 40.7 Å². The molecule has 1 spiro atoms. The lowest BCUT2D eigenvalue weighted by Crippen LogP contribution is -2.47. The molecule has 2 aliphatic heterocycles. The van der Waals surface area contributed by atoms with Crippen molar-refractivity contribution in [1.82, 2.24) is 30.7 Å². The smallest absolute Gasteiger partial charge is 0.418 e. The molecule has 4 rings (SSSR count). The van der Waals surface area contributed by atoms with Crippen LogP contribution in [-0.4, -0.2) is 112 Å². The maximum Gasteiger partial charge on any atom is 0.418 e. The first-order chi connectivity index (χ1) is 23.3. The van der Waals surface area contributed by atoms with Gasteiger partial charge in [-0.05, 0) is 87.0 Å². The van der Waals surface area contributed by atoms with Crippen molar-refractivity contribution in [1.29, 1.82) is 0 Å². The Morgan fingerprint density at radius 3 is 2.08 bits per heavy atom. The molecule has 286 valence electrons. The summed E-state index contributed by atoms with van der Waals surface area (Å²) in [5.74, 6) is 0.160. The number of urea groups is 1. The second-order valence-electron chi connectivity index (χ2n) is 15.8. The first kappa shape index (κ1) is 39.6. The molecule has 3 fully saturated rings. The number of ether oxygens (including phenoxy) is 3. The first-order valence-electron chi connectivity index (χ1n) is 16.6. The number of hydrogen-bond acceptors (Lipinski definition) is 13. The molecule has 2 atom stereocenters. The zero-order valence-corrected chi connectivity index (χ0v) is 31.3. The van der Waals surface area contributed by atoms with Crippen LogP contribution in [0, 0.1) is 5.41 Å². The van der Waals surface area contributed by atoms with Crippen LogP contribution in [0.15, 0.2) is 15.6 Å². The van der Waals surface area contributed by atoms with E-state index in [1.54, 1.807) is 68.4 Å². The number of carbonyl (C=O) groups excluding carboxylic acids is 4. The fourth-order valence-electron chi connectivity index (χ4n) is 5.74. The van der Waals surface area contributed by atoms with E-state index in [0.717, 1.165) is 17.9 Å². The third kappa shape index (κ3) is 11.4. The standard InChI is InChI=1S/C31H49N7O12S/c1-28(2,3)46-24(39)33-23(34-25(40)47-29(4,5)6)32-13-15-36(27(42)48-30(7,8)9)14-10-19-16-20(35-49-19)21-17-31(11-12-31)22-18-37(21)26(41)38(22)50-51(43,44)45/h16,21-22H,10-15,17-18H2,1-9H3,(H,43,44,45)(H2,32,33,34,39,40)/t21-,22-/m0/s1. The van der Waals surface area contributed by atoms with Crippen LogP contribution in [0.2, 0.25) is 0 Å². The molecule has 1 aliphatic carbocycles. The van der Waals surface area contributed by atoms with Gasteiger partial charge in [-0.3, -0.25) is 20.2 Å². The average Bonchev–Trinajstić information content (AvgIpc) is 3.42. The summed E-state index contributed by atoms with van der Waals surface area (Å²) in [5.41, 5.74) is -2.38. The molecule has 3 aliphatic rings. The Morgan fingerprint density at radius 2 is 1.57 bits per heavy atom. The van der Waals surface area contributed by atoms with Crippen LogP contribution >= 0.6 is 0 Å². The Labute approximate surface area is 297 Å². The molecule has 1 saturated carbocycles. The van der Waals surface area contributed by atoms with E-state index in [1.165, 1.54) is 9.80 Å². The number of carbonyl (C=O) groups is 4. The summed E-state index contributed by atoms with van der Waals surface area (Å²) in [7, 11) is -4.90. The molecule has 3 heterocycles. The molecule has 2 saturated heterocycles. The fraction of sp³-hybridized carbons (Fsp3) is 0.742. The summed E-state index contributed by atoms with van der Waals surface area (Å²) in [6, 6.07) is -0.0684. The zero-order chi connectivity index (χ0) is 38.2. The highest BCUT2D eigenvalue weighted by Gasteiger charge is 2.64. The number of fused-ring (bicyclic) bond motifs is 3. The van der Waals surface area contributed by atoms with Crippen molar-refractivity contribution in [3.63, 3.8) is 0 Å². The van der Waals surface area contributed by atoms with Crippen molar-refractivity contribution in [3.8, 4) is 0 Å². The van der Waals surface area contributed by atoms with Gasteiger partial charge in [0.2, 0.25) is 5.96 Å². The van der Waals surface area contributed by atoms with Crippen molar-refractivity contribution in [2.45, 2.75) is 117 Å². The summed E-state index contributed by atoms with van der Waals surface area (Å²) in [5, 5.41) is 9.74. The largest absolute Gasteiger partial charge is 0.444 e. The van der Waals surface area contributed by atoms with Gasteiger partial charge in [0, 0.05) is 32.1 Å². The lowest BCUT2D eigenvalue weighted by Gasteiger charge is -2.35. The van der Waals surface area contributed by atoms with E-state index < -0.39 is 63.6 Å². The van der Waals surface area contributed by atoms with Crippen LogP contribution in [0.3, 0.4) is 0 Å². The maximum atomic E-state index is 13.2. The molecule has 20 heteroatoms. The molecule has 0 aromatic carbocycles. The lowest BCUT2D eigenvalue weighted by atomic mass is 9.84. The number of piperidine rings is 1. The zero-order valence-electron chi connectivity index (χ0n) is 30.5. The predicted molar refractivity (Wildman–Crippen MR) is 178 cm³/mol. The molecule has 2 bridgehead atoms. The van der Waals surface area contributed by atoms with Crippen LogP contribution in [0.5, 0.6) is 0 Å². The van der Waals surface area contributed by atoms with Crippen LogP contribution in [-0.2, 0) is 35.3 Å². The Bertz CT molecular complexity index is 1590. The topological polar surface area (TPSA) is 232 Å². The van der Waals surface area contributed by atoms with Gasteiger partial charge >= 0.3 is 34.7 Å². The number of amides is 5. The lowest BCUT2D eigenvalue weighted by molar-refractivity contribution is -0.0527. The van der Waals surface area contributed by atoms with Crippen LogP contribution in [0.25, 0.3) is 0 Å². The van der Waals surface area contributed by atoms with Crippen molar-refractivity contribution < 1.29 is 55.2 Å². The summed E-state index contributed by atoms with van der Waals surface area (Å²) < 4.78 is 58.5. The highest BCUT2D eigenvalue weighted by molar-refractivity contribution is 7.80. The Hall–Kier alpha value is -4.17. The highest BCUT2D eigenvalue weighted by Crippen LogP contribution is 2.61. The van der Waals surface area contributed by atoms with Gasteiger partial charge in [0.25, 0.3) is 0 Å². The van der Waals surface area contributed by atoms with Crippen molar-refractivity contribution in [2.75, 3.05) is 26.2 Å². The maximum absolute atomic E-state index is 13.2. The minimum Gasteiger partial charge on any atom is -0.444 e. The third-order valence-corrected chi connectivity index (χ3v) is 8.26. The first-order valence-corrected chi connectivity index (χ1v) is 17.9. The van der Waals surface area contributed by atoms with E-state index in [4.69, 9.17) is 18.7 Å². The second-order valence-corrected chi connectivity index (χ2v) is 16.8. The SMILES string of the molecule is CC(C)(C)OC(=O)NC(=NCCN(CCc1cc([C@@H]2CC3(CC3)[C@@H]3CN2C(=O)N3OS(=O)(=O)O)no1)C(=O)OC(C)(C)C)NC(=O)OC(C)(C)C. The normalized spacial score (nSPS) is 19.8. The van der Waals surface area contributed by atoms with Gasteiger partial charge in [-0.2, -0.15) is 13.5 Å². The van der Waals surface area contributed by atoms with Gasteiger partial charge in [-0.15, -0.1) is 4.28 Å². The monoisotopic (exact) mass is 743 g/mol. The van der Waals surface area contributed by atoms with E-state index in [0.29, 0.717) is 17.9 Å². The number of alkyl carbamates (subject to hydrolysis) is 2. The number of rotatable bonds is 9. The fourth-order valence-corrected chi connectivity index (χ4v) is 6.11. The minimum absolute atomic E-state index is 0.00379. The molecule has 1 aromatic heterocycles. The molecular formula is C31H49N7O12S. The quantitative estimate of drug-likeness (QED) is 0.141. The second kappa shape index (κ2) is 14.5. The molecular weight excluding hydrogens is 694 g/mol. The molecule has 0 radical (unpaired) electrons. The van der Waals surface area contributed by atoms with Gasteiger partial charge in [0.05, 0.1) is 18.6 Å². The number of nitrogens with one attached hydrogen (secondary N) is 2. The highest BCUT2D eigenvalue weighted by atomic mass is 32.3. The van der Waals surface area contributed by atoms with E-state index in [1.807, 2.05) is 0 Å². The van der Waals surface area contributed by atoms with Crippen LogP contribution in [0.1, 0.15) is 99.1 Å². The number of aliphatic imine (C=N–C) groups is 1. The number of aromatic nitrogens is 1. The molecule has 5 amide bonds. The number of guanidine groups is 1. The van der Waals surface area contributed by atoms with Gasteiger partial charge in [-0.25, -0.2) is 19.2 Å².